The first-order chi connectivity index (χ1) is 9.72. The van der Waals surface area contributed by atoms with Gasteiger partial charge < -0.3 is 5.11 Å². The molecule has 0 saturated carbocycles. The summed E-state index contributed by atoms with van der Waals surface area (Å²) in [7, 11) is 0. The van der Waals surface area contributed by atoms with Crippen LogP contribution in [0.15, 0.2) is 70.9 Å². The first-order valence-corrected chi connectivity index (χ1v) is 6.49. The Kier molecular flexibility index (Phi) is 3.35. The maximum absolute atomic E-state index is 9.73. The molecular formula is C16H11ClN2O. The average molecular weight is 283 g/mol. The van der Waals surface area contributed by atoms with Crippen LogP contribution in [-0.4, -0.2) is 5.11 Å². The average Bonchev–Trinajstić information content (AvgIpc) is 2.46. The summed E-state index contributed by atoms with van der Waals surface area (Å²) < 4.78 is 0. The minimum absolute atomic E-state index is 0.175. The Balaban J connectivity index is 2.04. The van der Waals surface area contributed by atoms with Crippen LogP contribution >= 0.6 is 11.6 Å². The van der Waals surface area contributed by atoms with Crippen LogP contribution in [0.2, 0.25) is 5.02 Å². The second-order valence-electron chi connectivity index (χ2n) is 4.36. The van der Waals surface area contributed by atoms with E-state index in [9.17, 15) is 5.11 Å². The lowest BCUT2D eigenvalue weighted by molar-refractivity contribution is 0.476. The molecule has 0 aliphatic carbocycles. The second kappa shape index (κ2) is 5.31. The van der Waals surface area contributed by atoms with Gasteiger partial charge in [0.1, 0.15) is 5.75 Å². The number of hydrogen-bond donors (Lipinski definition) is 1. The van der Waals surface area contributed by atoms with E-state index in [1.807, 2.05) is 24.3 Å². The molecule has 3 aromatic rings. The van der Waals surface area contributed by atoms with Crippen LogP contribution in [0.1, 0.15) is 0 Å². The van der Waals surface area contributed by atoms with Crippen molar-refractivity contribution in [1.29, 1.82) is 0 Å². The minimum atomic E-state index is 0.175. The van der Waals surface area contributed by atoms with Gasteiger partial charge in [-0.2, -0.15) is 5.11 Å². The predicted octanol–water partition coefficient (Wildman–Crippen LogP) is 5.61. The SMILES string of the molecule is Oc1cc(N=Nc2ccc(Cl)cc2)c2ccccc2c1. The summed E-state index contributed by atoms with van der Waals surface area (Å²) >= 11 is 5.82. The number of fused-ring (bicyclic) bond motifs is 1. The van der Waals surface area contributed by atoms with Gasteiger partial charge in [0.2, 0.25) is 0 Å². The summed E-state index contributed by atoms with van der Waals surface area (Å²) in [6.07, 6.45) is 0. The van der Waals surface area contributed by atoms with Crippen LogP contribution < -0.4 is 0 Å². The summed E-state index contributed by atoms with van der Waals surface area (Å²) in [6, 6.07) is 18.1. The molecule has 0 atom stereocenters. The van der Waals surface area contributed by atoms with Gasteiger partial charge in [0.15, 0.2) is 0 Å². The lowest BCUT2D eigenvalue weighted by Crippen LogP contribution is -1.74. The third kappa shape index (κ3) is 2.63. The number of azo groups is 1. The molecule has 0 fully saturated rings. The maximum atomic E-state index is 9.73. The van der Waals surface area contributed by atoms with Gasteiger partial charge in [0.25, 0.3) is 0 Å². The highest BCUT2D eigenvalue weighted by molar-refractivity contribution is 6.30. The lowest BCUT2D eigenvalue weighted by Gasteiger charge is -2.02. The standard InChI is InChI=1S/C16H11ClN2O/c17-12-5-7-13(8-6-12)18-19-16-10-14(20)9-11-3-1-2-4-15(11)16/h1-10,20H. The highest BCUT2D eigenvalue weighted by atomic mass is 35.5. The lowest BCUT2D eigenvalue weighted by atomic mass is 10.1. The fraction of sp³-hybridized carbons (Fsp3) is 0. The van der Waals surface area contributed by atoms with Gasteiger partial charge in [-0.15, -0.1) is 5.11 Å². The zero-order valence-electron chi connectivity index (χ0n) is 10.5. The molecule has 0 amide bonds. The van der Waals surface area contributed by atoms with E-state index in [1.54, 1.807) is 36.4 Å². The Morgan fingerprint density at radius 2 is 1.60 bits per heavy atom. The molecule has 3 aromatic carbocycles. The van der Waals surface area contributed by atoms with Gasteiger partial charge >= 0.3 is 0 Å². The molecule has 20 heavy (non-hydrogen) atoms. The normalized spacial score (nSPS) is 11.2. The zero-order valence-corrected chi connectivity index (χ0v) is 11.2. The van der Waals surface area contributed by atoms with E-state index in [-0.39, 0.29) is 5.75 Å². The summed E-state index contributed by atoms with van der Waals surface area (Å²) in [5, 5.41) is 20.6. The van der Waals surface area contributed by atoms with Crippen molar-refractivity contribution >= 4 is 33.7 Å². The molecule has 0 bridgehead atoms. The number of nitrogens with zero attached hydrogens (tertiary/aromatic N) is 2. The number of hydrogen-bond acceptors (Lipinski definition) is 3. The van der Waals surface area contributed by atoms with Crippen LogP contribution in [0, 0.1) is 0 Å². The molecule has 0 spiro atoms. The van der Waals surface area contributed by atoms with Gasteiger partial charge in [-0.25, -0.2) is 0 Å². The fourth-order valence-corrected chi connectivity index (χ4v) is 2.10. The van der Waals surface area contributed by atoms with Gasteiger partial charge in [-0.3, -0.25) is 0 Å². The van der Waals surface area contributed by atoms with E-state index in [1.165, 1.54) is 0 Å². The third-order valence-corrected chi connectivity index (χ3v) is 3.18. The van der Waals surface area contributed by atoms with Gasteiger partial charge in [-0.1, -0.05) is 35.9 Å². The molecule has 0 heterocycles. The third-order valence-electron chi connectivity index (χ3n) is 2.92. The fourth-order valence-electron chi connectivity index (χ4n) is 1.98. The first-order valence-electron chi connectivity index (χ1n) is 6.11. The van der Waals surface area contributed by atoms with Crippen LogP contribution in [0.3, 0.4) is 0 Å². The van der Waals surface area contributed by atoms with Crippen LogP contribution in [0.25, 0.3) is 10.8 Å². The largest absolute Gasteiger partial charge is 0.508 e. The molecule has 3 rings (SSSR count). The van der Waals surface area contributed by atoms with Crippen molar-refractivity contribution in [2.24, 2.45) is 10.2 Å². The number of phenols is 1. The molecule has 0 unspecified atom stereocenters. The van der Waals surface area contributed by atoms with Crippen molar-refractivity contribution in [2.45, 2.75) is 0 Å². The van der Waals surface area contributed by atoms with Crippen molar-refractivity contribution in [3.63, 3.8) is 0 Å². The first kappa shape index (κ1) is 12.6. The number of halogens is 1. The van der Waals surface area contributed by atoms with Gasteiger partial charge in [0.05, 0.1) is 11.4 Å². The van der Waals surface area contributed by atoms with E-state index < -0.39 is 0 Å². The van der Waals surface area contributed by atoms with Gasteiger partial charge in [0, 0.05) is 16.5 Å². The highest BCUT2D eigenvalue weighted by Crippen LogP contribution is 2.32. The van der Waals surface area contributed by atoms with Crippen LogP contribution in [-0.2, 0) is 0 Å². The van der Waals surface area contributed by atoms with Crippen molar-refractivity contribution in [1.82, 2.24) is 0 Å². The molecule has 1 N–H and O–H groups in total. The molecule has 0 aliphatic rings. The highest BCUT2D eigenvalue weighted by Gasteiger charge is 2.02. The van der Waals surface area contributed by atoms with Gasteiger partial charge in [-0.05, 0) is 35.7 Å². The molecule has 0 aromatic heterocycles. The van der Waals surface area contributed by atoms with Crippen LogP contribution in [0.5, 0.6) is 5.75 Å². The topological polar surface area (TPSA) is 45.0 Å². The van der Waals surface area contributed by atoms with Crippen molar-refractivity contribution < 1.29 is 5.11 Å². The summed E-state index contributed by atoms with van der Waals surface area (Å²) in [5.74, 6) is 0.175. The quantitative estimate of drug-likeness (QED) is 0.610. The van der Waals surface area contributed by atoms with E-state index in [2.05, 4.69) is 10.2 Å². The summed E-state index contributed by atoms with van der Waals surface area (Å²) in [4.78, 5) is 0. The van der Waals surface area contributed by atoms with Crippen molar-refractivity contribution in [3.05, 3.63) is 65.7 Å². The molecule has 98 valence electrons. The Bertz CT molecular complexity index is 782. The Morgan fingerprint density at radius 3 is 2.40 bits per heavy atom. The minimum Gasteiger partial charge on any atom is -0.508 e. The van der Waals surface area contributed by atoms with Crippen LogP contribution in [0.4, 0.5) is 11.4 Å². The molecule has 4 heteroatoms. The monoisotopic (exact) mass is 282 g/mol. The Labute approximate surface area is 121 Å². The smallest absolute Gasteiger partial charge is 0.118 e. The van der Waals surface area contributed by atoms with E-state index in [0.717, 1.165) is 10.8 Å². The molecular weight excluding hydrogens is 272 g/mol. The number of phenolic OH excluding ortho intramolecular Hbond substituents is 1. The van der Waals surface area contributed by atoms with E-state index in [4.69, 9.17) is 11.6 Å². The molecule has 0 saturated heterocycles. The number of aromatic hydroxyl groups is 1. The summed E-state index contributed by atoms with van der Waals surface area (Å²) in [6.45, 7) is 0. The molecule has 3 nitrogen and oxygen atoms in total. The summed E-state index contributed by atoms with van der Waals surface area (Å²) in [5.41, 5.74) is 1.34. The molecule has 0 aliphatic heterocycles. The Hall–Kier alpha value is -2.39. The predicted molar refractivity (Wildman–Crippen MR) is 81.2 cm³/mol. The zero-order chi connectivity index (χ0) is 13.9. The second-order valence-corrected chi connectivity index (χ2v) is 4.80. The van der Waals surface area contributed by atoms with E-state index in [0.29, 0.717) is 16.4 Å². The number of rotatable bonds is 2. The van der Waals surface area contributed by atoms with Crippen molar-refractivity contribution in [2.75, 3.05) is 0 Å². The number of benzene rings is 3. The van der Waals surface area contributed by atoms with E-state index >= 15 is 0 Å². The maximum Gasteiger partial charge on any atom is 0.118 e. The van der Waals surface area contributed by atoms with Crippen molar-refractivity contribution in [3.8, 4) is 5.75 Å². The molecule has 0 radical (unpaired) electrons. The Morgan fingerprint density at radius 1 is 0.850 bits per heavy atom.